The summed E-state index contributed by atoms with van der Waals surface area (Å²) in [7, 11) is 4.03. The lowest BCUT2D eigenvalue weighted by atomic mass is 9.74. The molecule has 29 heavy (non-hydrogen) atoms. The molecule has 0 aromatic heterocycles. The molecule has 0 N–H and O–H groups in total. The molecule has 0 radical (unpaired) electrons. The summed E-state index contributed by atoms with van der Waals surface area (Å²) >= 11 is 3.59. The Morgan fingerprint density at radius 1 is 1.24 bits per heavy atom. The molecule has 2 aromatic rings. The predicted molar refractivity (Wildman–Crippen MR) is 117 cm³/mol. The summed E-state index contributed by atoms with van der Waals surface area (Å²) in [6.07, 6.45) is 1.84. The molecule has 4 nitrogen and oxygen atoms in total. The number of hydrogen-bond acceptors (Lipinski definition) is 4. The number of rotatable bonds is 5. The number of ether oxygens (including phenoxy) is 2. The van der Waals surface area contributed by atoms with E-state index in [2.05, 4.69) is 46.8 Å². The van der Waals surface area contributed by atoms with E-state index in [9.17, 15) is 4.79 Å². The molecule has 2 unspecified atom stereocenters. The SMILES string of the molecule is Cc1cc(OCc2ccccc2Br)c(C)c2c1CCC1C(CN(C)C)C(=O)O[C@@H]21. The van der Waals surface area contributed by atoms with Crippen molar-refractivity contribution < 1.29 is 14.3 Å². The van der Waals surface area contributed by atoms with Gasteiger partial charge in [-0.2, -0.15) is 0 Å². The van der Waals surface area contributed by atoms with Gasteiger partial charge in [-0.1, -0.05) is 34.1 Å². The molecule has 0 bridgehead atoms. The highest BCUT2D eigenvalue weighted by atomic mass is 79.9. The smallest absolute Gasteiger partial charge is 0.311 e. The predicted octanol–water partition coefficient (Wildman–Crippen LogP) is 4.98. The topological polar surface area (TPSA) is 38.8 Å². The molecule has 0 amide bonds. The van der Waals surface area contributed by atoms with Crippen LogP contribution in [0.5, 0.6) is 5.75 Å². The molecule has 5 heteroatoms. The molecule has 2 aliphatic rings. The minimum atomic E-state index is -0.151. The van der Waals surface area contributed by atoms with Crippen molar-refractivity contribution in [1.29, 1.82) is 0 Å². The lowest BCUT2D eigenvalue weighted by Crippen LogP contribution is -2.31. The first kappa shape index (κ1) is 20.4. The molecular weight excluding hydrogens is 430 g/mol. The van der Waals surface area contributed by atoms with Gasteiger partial charge in [-0.05, 0) is 69.6 Å². The van der Waals surface area contributed by atoms with Crippen molar-refractivity contribution in [2.45, 2.75) is 39.4 Å². The van der Waals surface area contributed by atoms with Gasteiger partial charge in [-0.15, -0.1) is 0 Å². The molecule has 1 aliphatic heterocycles. The lowest BCUT2D eigenvalue weighted by molar-refractivity contribution is -0.144. The van der Waals surface area contributed by atoms with E-state index in [4.69, 9.17) is 9.47 Å². The highest BCUT2D eigenvalue weighted by Crippen LogP contribution is 2.50. The Balaban J connectivity index is 1.65. The largest absolute Gasteiger partial charge is 0.489 e. The van der Waals surface area contributed by atoms with Crippen LogP contribution in [0.4, 0.5) is 0 Å². The first-order valence-corrected chi connectivity index (χ1v) is 11.0. The molecule has 4 rings (SSSR count). The molecule has 1 heterocycles. The van der Waals surface area contributed by atoms with E-state index >= 15 is 0 Å². The fraction of sp³-hybridized carbons (Fsp3) is 0.458. The van der Waals surface area contributed by atoms with Crippen LogP contribution in [0.2, 0.25) is 0 Å². The third kappa shape index (κ3) is 3.82. The van der Waals surface area contributed by atoms with Crippen molar-refractivity contribution in [3.05, 3.63) is 62.6 Å². The van der Waals surface area contributed by atoms with E-state index in [1.807, 2.05) is 32.3 Å². The van der Waals surface area contributed by atoms with E-state index in [0.29, 0.717) is 6.61 Å². The van der Waals surface area contributed by atoms with E-state index in [0.717, 1.165) is 40.7 Å². The van der Waals surface area contributed by atoms with Crippen molar-refractivity contribution in [1.82, 2.24) is 4.90 Å². The second-order valence-electron chi connectivity index (χ2n) is 8.52. The highest BCUT2D eigenvalue weighted by molar-refractivity contribution is 9.10. The van der Waals surface area contributed by atoms with Gasteiger partial charge in [0.05, 0.1) is 5.92 Å². The summed E-state index contributed by atoms with van der Waals surface area (Å²) in [6.45, 7) is 5.48. The highest BCUT2D eigenvalue weighted by Gasteiger charge is 2.48. The van der Waals surface area contributed by atoms with Crippen molar-refractivity contribution >= 4 is 21.9 Å². The number of nitrogens with zero attached hydrogens (tertiary/aromatic N) is 1. The molecule has 1 aliphatic carbocycles. The lowest BCUT2D eigenvalue weighted by Gasteiger charge is -2.32. The van der Waals surface area contributed by atoms with Crippen LogP contribution >= 0.6 is 15.9 Å². The maximum atomic E-state index is 12.6. The van der Waals surface area contributed by atoms with E-state index in [-0.39, 0.29) is 23.9 Å². The number of halogens is 1. The Labute approximate surface area is 181 Å². The monoisotopic (exact) mass is 457 g/mol. The zero-order chi connectivity index (χ0) is 20.7. The van der Waals surface area contributed by atoms with Gasteiger partial charge < -0.3 is 14.4 Å². The quantitative estimate of drug-likeness (QED) is 0.593. The van der Waals surface area contributed by atoms with Crippen LogP contribution in [-0.2, 0) is 22.6 Å². The van der Waals surface area contributed by atoms with Crippen molar-refractivity contribution in [3.63, 3.8) is 0 Å². The molecular formula is C24H28BrNO3. The summed E-state index contributed by atoms with van der Waals surface area (Å²) in [6, 6.07) is 10.2. The number of carbonyl (C=O) groups is 1. The van der Waals surface area contributed by atoms with Crippen LogP contribution in [0.1, 0.15) is 40.3 Å². The summed E-state index contributed by atoms with van der Waals surface area (Å²) in [4.78, 5) is 14.7. The summed E-state index contributed by atoms with van der Waals surface area (Å²) < 4.78 is 13.2. The minimum Gasteiger partial charge on any atom is -0.489 e. The number of carbonyl (C=O) groups excluding carboxylic acids is 1. The van der Waals surface area contributed by atoms with Crippen LogP contribution < -0.4 is 4.74 Å². The van der Waals surface area contributed by atoms with Crippen LogP contribution in [0.25, 0.3) is 0 Å². The maximum absolute atomic E-state index is 12.6. The van der Waals surface area contributed by atoms with Gasteiger partial charge in [-0.3, -0.25) is 4.79 Å². The second kappa shape index (κ2) is 8.11. The summed E-state index contributed by atoms with van der Waals surface area (Å²) in [5.41, 5.74) is 5.94. The number of benzene rings is 2. The Kier molecular flexibility index (Phi) is 5.71. The Bertz CT molecular complexity index is 940. The number of esters is 1. The van der Waals surface area contributed by atoms with Gasteiger partial charge >= 0.3 is 5.97 Å². The molecule has 0 spiro atoms. The first-order valence-electron chi connectivity index (χ1n) is 10.2. The van der Waals surface area contributed by atoms with Crippen LogP contribution in [0.15, 0.2) is 34.8 Å². The number of fused-ring (bicyclic) bond motifs is 3. The summed E-state index contributed by atoms with van der Waals surface area (Å²) in [5, 5.41) is 0. The van der Waals surface area contributed by atoms with Gasteiger partial charge in [-0.25, -0.2) is 0 Å². The van der Waals surface area contributed by atoms with E-state index < -0.39 is 0 Å². The van der Waals surface area contributed by atoms with Crippen molar-refractivity contribution in [2.75, 3.05) is 20.6 Å². The third-order valence-electron chi connectivity index (χ3n) is 6.29. The zero-order valence-electron chi connectivity index (χ0n) is 17.5. The Morgan fingerprint density at radius 3 is 2.72 bits per heavy atom. The van der Waals surface area contributed by atoms with E-state index in [1.165, 1.54) is 16.7 Å². The van der Waals surface area contributed by atoms with Gasteiger partial charge in [0.1, 0.15) is 18.5 Å². The molecule has 2 aromatic carbocycles. The fourth-order valence-electron chi connectivity index (χ4n) is 4.83. The number of aryl methyl sites for hydroxylation is 1. The maximum Gasteiger partial charge on any atom is 0.311 e. The van der Waals surface area contributed by atoms with Gasteiger partial charge in [0.2, 0.25) is 0 Å². The first-order chi connectivity index (χ1) is 13.9. The Hall–Kier alpha value is -1.85. The van der Waals surface area contributed by atoms with Crippen LogP contribution in [-0.4, -0.2) is 31.5 Å². The second-order valence-corrected chi connectivity index (χ2v) is 9.37. The zero-order valence-corrected chi connectivity index (χ0v) is 19.1. The average Bonchev–Trinajstić information content (AvgIpc) is 2.99. The van der Waals surface area contributed by atoms with Gasteiger partial charge in [0.25, 0.3) is 0 Å². The normalized spacial score (nSPS) is 23.0. The minimum absolute atomic E-state index is 0.0484. The molecule has 3 atom stereocenters. The summed E-state index contributed by atoms with van der Waals surface area (Å²) in [5.74, 6) is 1.02. The van der Waals surface area contributed by atoms with Crippen molar-refractivity contribution in [2.24, 2.45) is 11.8 Å². The number of hydrogen-bond donors (Lipinski definition) is 0. The fourth-order valence-corrected chi connectivity index (χ4v) is 5.23. The van der Waals surface area contributed by atoms with Gasteiger partial charge in [0, 0.05) is 28.1 Å². The molecule has 0 saturated carbocycles. The molecule has 1 fully saturated rings. The van der Waals surface area contributed by atoms with Gasteiger partial charge in [0.15, 0.2) is 0 Å². The average molecular weight is 458 g/mol. The molecule has 1 saturated heterocycles. The third-order valence-corrected chi connectivity index (χ3v) is 7.06. The standard InChI is InChI=1S/C24H28BrNO3/c1-14-11-21(28-13-16-7-5-6-8-20(16)25)15(2)22-17(14)9-10-18-19(12-26(3)4)24(27)29-23(18)22/h5-8,11,18-19,23H,9-10,12-13H2,1-4H3/t18?,19?,23-/m1/s1. The molecule has 154 valence electrons. The van der Waals surface area contributed by atoms with E-state index in [1.54, 1.807) is 0 Å². The van der Waals surface area contributed by atoms with Crippen molar-refractivity contribution in [3.8, 4) is 5.75 Å². The van der Waals surface area contributed by atoms with Crippen LogP contribution in [0.3, 0.4) is 0 Å². The van der Waals surface area contributed by atoms with Crippen LogP contribution in [0, 0.1) is 25.7 Å². The Morgan fingerprint density at radius 2 is 2.00 bits per heavy atom.